The number of nitrogens with zero attached hydrogens (tertiary/aromatic N) is 1. The lowest BCUT2D eigenvalue weighted by atomic mass is 9.91. The number of benzene rings is 1. The summed E-state index contributed by atoms with van der Waals surface area (Å²) >= 11 is 0. The molecule has 1 atom stereocenters. The fraction of sp³-hybridized carbons (Fsp3) is 0.500. The van der Waals surface area contributed by atoms with Gasteiger partial charge in [-0.25, -0.2) is 0 Å². The van der Waals surface area contributed by atoms with Gasteiger partial charge in [-0.3, -0.25) is 14.5 Å². The molecule has 0 unspecified atom stereocenters. The van der Waals surface area contributed by atoms with Crippen LogP contribution in [0, 0.1) is 5.92 Å². The fourth-order valence-electron chi connectivity index (χ4n) is 2.73. The van der Waals surface area contributed by atoms with Crippen LogP contribution in [0.5, 0.6) is 0 Å². The molecule has 6 nitrogen and oxygen atoms in total. The predicted molar refractivity (Wildman–Crippen MR) is 79.1 cm³/mol. The molecule has 1 heterocycles. The molecule has 0 spiro atoms. The van der Waals surface area contributed by atoms with Crippen molar-refractivity contribution in [1.82, 2.24) is 4.90 Å². The van der Waals surface area contributed by atoms with E-state index in [2.05, 4.69) is 4.90 Å². The summed E-state index contributed by atoms with van der Waals surface area (Å²) in [6.45, 7) is 2.42. The molecule has 1 fully saturated rings. The molecular weight excluding hydrogens is 286 g/mol. The van der Waals surface area contributed by atoms with Gasteiger partial charge in [-0.15, -0.1) is 0 Å². The quantitative estimate of drug-likeness (QED) is 0.598. The van der Waals surface area contributed by atoms with Crippen LogP contribution in [-0.2, 0) is 23.8 Å². The summed E-state index contributed by atoms with van der Waals surface area (Å²) in [7, 11) is 2.55. The highest BCUT2D eigenvalue weighted by Crippen LogP contribution is 2.31. The molecule has 0 saturated carbocycles. The number of methoxy groups -OCH3 is 2. The van der Waals surface area contributed by atoms with E-state index >= 15 is 0 Å². The SMILES string of the molecule is COC(=O)C(C(=O)OC)[C@@H](c1ccccc1)N1CCOCC1. The van der Waals surface area contributed by atoms with E-state index in [-0.39, 0.29) is 0 Å². The monoisotopic (exact) mass is 307 g/mol. The van der Waals surface area contributed by atoms with Gasteiger partial charge in [0.1, 0.15) is 0 Å². The van der Waals surface area contributed by atoms with Gasteiger partial charge in [0.15, 0.2) is 5.92 Å². The zero-order chi connectivity index (χ0) is 15.9. The first-order valence-electron chi connectivity index (χ1n) is 7.21. The van der Waals surface area contributed by atoms with E-state index in [1.807, 2.05) is 30.3 Å². The Labute approximate surface area is 129 Å². The molecule has 0 amide bonds. The first kappa shape index (κ1) is 16.5. The predicted octanol–water partition coefficient (Wildman–Crippen LogP) is 1.02. The Morgan fingerprint density at radius 3 is 2.09 bits per heavy atom. The molecular formula is C16H21NO5. The number of ether oxygens (including phenoxy) is 3. The average Bonchev–Trinajstić information content (AvgIpc) is 2.59. The van der Waals surface area contributed by atoms with Crippen molar-refractivity contribution in [3.8, 4) is 0 Å². The average molecular weight is 307 g/mol. The van der Waals surface area contributed by atoms with Crippen LogP contribution in [0.4, 0.5) is 0 Å². The van der Waals surface area contributed by atoms with Crippen LogP contribution in [0.2, 0.25) is 0 Å². The van der Waals surface area contributed by atoms with Crippen molar-refractivity contribution >= 4 is 11.9 Å². The second-order valence-corrected chi connectivity index (χ2v) is 5.03. The lowest BCUT2D eigenvalue weighted by Gasteiger charge is -2.37. The van der Waals surface area contributed by atoms with Gasteiger partial charge in [-0.05, 0) is 5.56 Å². The summed E-state index contributed by atoms with van der Waals surface area (Å²) in [4.78, 5) is 26.4. The standard InChI is InChI=1S/C16H21NO5/c1-20-15(18)13(16(19)21-2)14(12-6-4-3-5-7-12)17-8-10-22-11-9-17/h3-7,13-14H,8-11H2,1-2H3/t14-/m1/s1. The minimum atomic E-state index is -1.02. The van der Waals surface area contributed by atoms with Crippen LogP contribution < -0.4 is 0 Å². The smallest absolute Gasteiger partial charge is 0.322 e. The third kappa shape index (κ3) is 3.64. The van der Waals surface area contributed by atoms with Crippen molar-refractivity contribution in [1.29, 1.82) is 0 Å². The van der Waals surface area contributed by atoms with Gasteiger partial charge in [0.2, 0.25) is 0 Å². The van der Waals surface area contributed by atoms with Gasteiger partial charge in [0.25, 0.3) is 0 Å². The molecule has 0 radical (unpaired) electrons. The van der Waals surface area contributed by atoms with Crippen molar-refractivity contribution in [2.75, 3.05) is 40.5 Å². The summed E-state index contributed by atoms with van der Waals surface area (Å²) in [6, 6.07) is 9.04. The Bertz CT molecular complexity index is 483. The van der Waals surface area contributed by atoms with Gasteiger partial charge < -0.3 is 14.2 Å². The summed E-state index contributed by atoms with van der Waals surface area (Å²) in [5.41, 5.74) is 0.880. The highest BCUT2D eigenvalue weighted by molar-refractivity contribution is 5.95. The zero-order valence-electron chi connectivity index (χ0n) is 12.9. The Kier molecular flexibility index (Phi) is 5.91. The molecule has 1 saturated heterocycles. The molecule has 1 aliphatic heterocycles. The first-order valence-corrected chi connectivity index (χ1v) is 7.21. The molecule has 6 heteroatoms. The number of carbonyl (C=O) groups is 2. The van der Waals surface area contributed by atoms with E-state index in [4.69, 9.17) is 14.2 Å². The third-order valence-electron chi connectivity index (χ3n) is 3.81. The van der Waals surface area contributed by atoms with E-state index in [1.165, 1.54) is 14.2 Å². The molecule has 0 aliphatic carbocycles. The molecule has 0 N–H and O–H groups in total. The third-order valence-corrected chi connectivity index (χ3v) is 3.81. The summed E-state index contributed by atoms with van der Waals surface area (Å²) < 4.78 is 15.0. The van der Waals surface area contributed by atoms with Crippen molar-refractivity contribution < 1.29 is 23.8 Å². The van der Waals surface area contributed by atoms with E-state index in [9.17, 15) is 9.59 Å². The van der Waals surface area contributed by atoms with Gasteiger partial charge in [-0.1, -0.05) is 30.3 Å². The Balaban J connectivity index is 2.40. The highest BCUT2D eigenvalue weighted by atomic mass is 16.5. The van der Waals surface area contributed by atoms with Crippen LogP contribution >= 0.6 is 0 Å². The van der Waals surface area contributed by atoms with Crippen LogP contribution in [0.3, 0.4) is 0 Å². The number of morpholine rings is 1. The van der Waals surface area contributed by atoms with Crippen LogP contribution in [0.15, 0.2) is 30.3 Å². The topological polar surface area (TPSA) is 65.1 Å². The van der Waals surface area contributed by atoms with E-state index in [0.29, 0.717) is 26.3 Å². The summed E-state index contributed by atoms with van der Waals surface area (Å²) in [5.74, 6) is -2.20. The molecule has 1 aromatic rings. The van der Waals surface area contributed by atoms with Gasteiger partial charge >= 0.3 is 11.9 Å². The Hall–Kier alpha value is -1.92. The molecule has 0 bridgehead atoms. The first-order chi connectivity index (χ1) is 10.7. The number of carbonyl (C=O) groups excluding carboxylic acids is 2. The highest BCUT2D eigenvalue weighted by Gasteiger charge is 2.41. The maximum Gasteiger partial charge on any atom is 0.322 e. The second kappa shape index (κ2) is 7.91. The van der Waals surface area contributed by atoms with Crippen LogP contribution in [0.1, 0.15) is 11.6 Å². The molecule has 1 aromatic carbocycles. The van der Waals surface area contributed by atoms with Crippen LogP contribution in [-0.4, -0.2) is 57.4 Å². The number of esters is 2. The molecule has 2 rings (SSSR count). The van der Waals surface area contributed by atoms with E-state index in [1.54, 1.807) is 0 Å². The second-order valence-electron chi connectivity index (χ2n) is 5.03. The van der Waals surface area contributed by atoms with E-state index < -0.39 is 23.9 Å². The van der Waals surface area contributed by atoms with Gasteiger partial charge in [0, 0.05) is 13.1 Å². The summed E-state index contributed by atoms with van der Waals surface area (Å²) in [5, 5.41) is 0. The molecule has 22 heavy (non-hydrogen) atoms. The van der Waals surface area contributed by atoms with Crippen molar-refractivity contribution in [3.05, 3.63) is 35.9 Å². The normalized spacial score (nSPS) is 17.0. The Morgan fingerprint density at radius 1 is 1.05 bits per heavy atom. The fourth-order valence-corrected chi connectivity index (χ4v) is 2.73. The minimum absolute atomic E-state index is 0.426. The minimum Gasteiger partial charge on any atom is -0.468 e. The van der Waals surface area contributed by atoms with Crippen molar-refractivity contribution in [2.45, 2.75) is 6.04 Å². The number of hydrogen-bond donors (Lipinski definition) is 0. The lowest BCUT2D eigenvalue weighted by molar-refractivity contribution is -0.163. The number of rotatable bonds is 5. The molecule has 1 aliphatic rings. The largest absolute Gasteiger partial charge is 0.468 e. The van der Waals surface area contributed by atoms with Crippen molar-refractivity contribution in [2.24, 2.45) is 5.92 Å². The van der Waals surface area contributed by atoms with Crippen LogP contribution in [0.25, 0.3) is 0 Å². The van der Waals surface area contributed by atoms with Gasteiger partial charge in [-0.2, -0.15) is 0 Å². The maximum atomic E-state index is 12.2. The lowest BCUT2D eigenvalue weighted by Crippen LogP contribution is -2.46. The summed E-state index contributed by atoms with van der Waals surface area (Å²) in [6.07, 6.45) is 0. The maximum absolute atomic E-state index is 12.2. The zero-order valence-corrected chi connectivity index (χ0v) is 12.9. The molecule has 0 aromatic heterocycles. The Morgan fingerprint density at radius 2 is 1.59 bits per heavy atom. The molecule has 120 valence electrons. The van der Waals surface area contributed by atoms with Crippen molar-refractivity contribution in [3.63, 3.8) is 0 Å². The van der Waals surface area contributed by atoms with E-state index in [0.717, 1.165) is 5.56 Å². The van der Waals surface area contributed by atoms with Gasteiger partial charge in [0.05, 0.1) is 33.5 Å². The number of hydrogen-bond acceptors (Lipinski definition) is 6.